The Morgan fingerprint density at radius 3 is 1.25 bits per heavy atom. The van der Waals surface area contributed by atoms with Crippen LogP contribution in [0.1, 0.15) is 8.77 Å². The fourth-order valence-electron chi connectivity index (χ4n) is 0. The van der Waals surface area contributed by atoms with Crippen LogP contribution in [0.2, 0.25) is 0 Å². The van der Waals surface area contributed by atoms with Crippen molar-refractivity contribution >= 4 is 23.1 Å². The maximum atomic E-state index is 5.75. The van der Waals surface area contributed by atoms with E-state index >= 15 is 0 Å². The van der Waals surface area contributed by atoms with E-state index in [1.807, 2.05) is 0 Å². The number of rotatable bonds is 0. The van der Waals surface area contributed by atoms with Crippen LogP contribution in [0.5, 0.6) is 0 Å². The molecule has 4 heavy (non-hydrogen) atoms. The Bertz CT molecular complexity index is 9.61. The summed E-state index contributed by atoms with van der Waals surface area (Å²) in [7, 11) is 1.25. The van der Waals surface area contributed by atoms with Gasteiger partial charge in [0.25, 0.3) is 0 Å². The van der Waals surface area contributed by atoms with Crippen LogP contribution in [-0.2, 0) is 0 Å². The van der Waals surface area contributed by atoms with E-state index in [1.165, 1.54) is 7.40 Å². The minimum absolute atomic E-state index is 0. The molecule has 3 heteroatoms. The molecule has 0 saturated carbocycles. The Labute approximate surface area is 78.7 Å². The van der Waals surface area contributed by atoms with Crippen molar-refractivity contribution in [2.24, 2.45) is 0 Å². The third-order valence-electron chi connectivity index (χ3n) is 0. The first kappa shape index (κ1) is 16.3. The van der Waals surface area contributed by atoms with Crippen LogP contribution in [0.15, 0.2) is 0 Å². The smallest absolute Gasteiger partial charge is 1.00 e. The van der Waals surface area contributed by atoms with E-state index in [0.29, 0.717) is 0 Å². The fraction of sp³-hybridized carbons (Fsp3) is 1.00. The second kappa shape index (κ2) is 18.8. The quantitative estimate of drug-likeness (QED) is 0.309. The van der Waals surface area contributed by atoms with Gasteiger partial charge in [-0.15, -0.1) is 0 Å². The van der Waals surface area contributed by atoms with Gasteiger partial charge in [0.2, 0.25) is 0 Å². The largest absolute Gasteiger partial charge is 2.00 e. The van der Waals surface area contributed by atoms with Crippen LogP contribution in [0.25, 0.3) is 0 Å². The molecule has 0 rings (SSSR count). The Morgan fingerprint density at radius 1 is 1.25 bits per heavy atom. The van der Waals surface area contributed by atoms with Gasteiger partial charge in [-0.25, -0.2) is 0 Å². The van der Waals surface area contributed by atoms with Crippen molar-refractivity contribution in [2.45, 2.75) is 7.40 Å². The third-order valence-corrected chi connectivity index (χ3v) is 0. The first-order valence-electron chi connectivity index (χ1n) is 1.00. The topological polar surface area (TPSA) is 0 Å². The van der Waals surface area contributed by atoms with Crippen molar-refractivity contribution in [1.82, 2.24) is 0 Å². The van der Waals surface area contributed by atoms with E-state index in [-0.39, 0.29) is 71.0 Å². The number of halogens is 2. The van der Waals surface area contributed by atoms with Gasteiger partial charge in [-0.3, -0.25) is 0 Å². The molecule has 0 aliphatic rings. The van der Waals surface area contributed by atoms with E-state index in [4.69, 9.17) is 1.37 Å². The Morgan fingerprint density at radius 2 is 1.25 bits per heavy atom. The van der Waals surface area contributed by atoms with Gasteiger partial charge < -0.3 is 48.0 Å². The minimum Gasteiger partial charge on any atom is -1.00 e. The monoisotopic (exact) mass is 295 g/mol. The summed E-state index contributed by atoms with van der Waals surface area (Å²) in [6.07, 6.45) is 0. The Balaban J connectivity index is -0.00000000167. The molecule has 0 aromatic carbocycles. The molecule has 0 unspecified atom stereocenters. The Hall–Kier alpha value is 2.23. The van der Waals surface area contributed by atoms with Gasteiger partial charge in [0, 0.05) is 1.37 Å². The summed E-state index contributed by atoms with van der Waals surface area (Å²) < 4.78 is 5.75. The zero-order valence-corrected chi connectivity index (χ0v) is 8.19. The summed E-state index contributed by atoms with van der Waals surface area (Å²) in [6.45, 7) is 0. The average molecular weight is 295 g/mol. The summed E-state index contributed by atoms with van der Waals surface area (Å²) in [5.74, 6) is 0. The number of hydrogen-bond acceptors (Lipinski definition) is 0. The molecule has 0 heterocycles. The molecule has 0 nitrogen and oxygen atoms in total. The summed E-state index contributed by atoms with van der Waals surface area (Å²) >= 11 is 0. The first-order chi connectivity index (χ1) is 1.00. The molecule has 0 N–H and O–H groups in total. The fourth-order valence-corrected chi connectivity index (χ4v) is 0. The summed E-state index contributed by atoms with van der Waals surface area (Å²) in [4.78, 5) is 0. The SMILES string of the molecule is [2H]C.[I-].[I-].[Mg+2]. The van der Waals surface area contributed by atoms with E-state index in [2.05, 4.69) is 0 Å². The van der Waals surface area contributed by atoms with Crippen LogP contribution in [0.3, 0.4) is 0 Å². The molecule has 0 bridgehead atoms. The zero-order valence-electron chi connectivity index (χ0n) is 3.46. The van der Waals surface area contributed by atoms with Crippen molar-refractivity contribution in [3.63, 3.8) is 0 Å². The summed E-state index contributed by atoms with van der Waals surface area (Å²) in [5, 5.41) is 0. The van der Waals surface area contributed by atoms with Crippen molar-refractivity contribution in [2.75, 3.05) is 0 Å². The van der Waals surface area contributed by atoms with Crippen LogP contribution >= 0.6 is 0 Å². The van der Waals surface area contributed by atoms with Crippen LogP contribution < -0.4 is 48.0 Å². The minimum atomic E-state index is 0. The maximum absolute atomic E-state index is 5.75. The predicted octanol–water partition coefficient (Wildman–Crippen LogP) is -5.74. The van der Waals surface area contributed by atoms with Crippen molar-refractivity contribution in [1.29, 1.82) is 0 Å². The molecule has 0 amide bonds. The molecule has 0 atom stereocenters. The van der Waals surface area contributed by atoms with Gasteiger partial charge in [-0.2, -0.15) is 0 Å². The van der Waals surface area contributed by atoms with Gasteiger partial charge in [0.15, 0.2) is 0 Å². The molecule has 0 aliphatic carbocycles. The van der Waals surface area contributed by atoms with Crippen molar-refractivity contribution in [3.8, 4) is 0 Å². The molecule has 0 fully saturated rings. The molecular formula is CH4I2Mg. The van der Waals surface area contributed by atoms with Gasteiger partial charge in [0.1, 0.15) is 0 Å². The van der Waals surface area contributed by atoms with Crippen LogP contribution in [0.4, 0.5) is 0 Å². The molecule has 0 aliphatic heterocycles. The zero-order chi connectivity index (χ0) is 2.00. The Kier molecular flexibility index (Phi) is 76.9. The van der Waals surface area contributed by atoms with Crippen LogP contribution in [-0.4, -0.2) is 23.1 Å². The molecule has 0 spiro atoms. The first-order valence-corrected chi connectivity index (χ1v) is 0. The van der Waals surface area contributed by atoms with E-state index in [9.17, 15) is 0 Å². The van der Waals surface area contributed by atoms with Crippen molar-refractivity contribution < 1.29 is 49.3 Å². The normalized spacial score (nSPS) is 1.75. The average Bonchev–Trinajstić information content (AvgIpc) is 1.00. The van der Waals surface area contributed by atoms with Gasteiger partial charge >= 0.3 is 23.1 Å². The summed E-state index contributed by atoms with van der Waals surface area (Å²) in [6, 6.07) is 0. The second-order valence-electron chi connectivity index (χ2n) is 0. The van der Waals surface area contributed by atoms with E-state index in [0.717, 1.165) is 0 Å². The maximum Gasteiger partial charge on any atom is 2.00 e. The van der Waals surface area contributed by atoms with Gasteiger partial charge in [-0.1, -0.05) is 7.40 Å². The molecule has 0 aromatic heterocycles. The predicted molar refractivity (Wildman–Crippen MR) is 12.5 cm³/mol. The molecule has 0 radical (unpaired) electrons. The standard InChI is InChI=1S/CH4.2HI.Mg/h1H4;2*1H;/q;;;+2/p-2/i1D;;;. The number of hydrogen-bond donors (Lipinski definition) is 0. The molecular weight excluding hydrogens is 290 g/mol. The van der Waals surface area contributed by atoms with Gasteiger partial charge in [-0.05, 0) is 0 Å². The van der Waals surface area contributed by atoms with E-state index < -0.39 is 0 Å². The molecule has 24 valence electrons. The molecule has 0 saturated heterocycles. The summed E-state index contributed by atoms with van der Waals surface area (Å²) in [5.41, 5.74) is 0. The third kappa shape index (κ3) is 8.88. The van der Waals surface area contributed by atoms with E-state index in [1.54, 1.807) is 0 Å². The van der Waals surface area contributed by atoms with Crippen LogP contribution in [0, 0.1) is 0 Å². The van der Waals surface area contributed by atoms with Crippen molar-refractivity contribution in [3.05, 3.63) is 0 Å². The van der Waals surface area contributed by atoms with Gasteiger partial charge in [0.05, 0.1) is 0 Å². The molecule has 0 aromatic rings. The second-order valence-corrected chi connectivity index (χ2v) is 0.